The summed E-state index contributed by atoms with van der Waals surface area (Å²) in [5.41, 5.74) is 3.45. The molecule has 0 aliphatic rings. The molecule has 0 fully saturated rings. The normalized spacial score (nSPS) is 10.4. The molecular formula is C11H9N5O. The second-order valence-electron chi connectivity index (χ2n) is 3.07. The fourth-order valence-electron chi connectivity index (χ4n) is 1.10. The summed E-state index contributed by atoms with van der Waals surface area (Å²) in [7, 11) is 0. The van der Waals surface area contributed by atoms with Crippen molar-refractivity contribution in [2.75, 3.05) is 0 Å². The molecule has 0 saturated heterocycles. The Hall–Kier alpha value is -2.63. The van der Waals surface area contributed by atoms with Crippen molar-refractivity contribution in [3.05, 3.63) is 54.4 Å². The van der Waals surface area contributed by atoms with Gasteiger partial charge in [-0.15, -0.1) is 0 Å². The lowest BCUT2D eigenvalue weighted by molar-refractivity contribution is 0.0955. The maximum atomic E-state index is 11.5. The van der Waals surface area contributed by atoms with Crippen molar-refractivity contribution >= 4 is 12.1 Å². The van der Waals surface area contributed by atoms with Crippen LogP contribution in [-0.2, 0) is 0 Å². The number of carbonyl (C=O) groups is 1. The Morgan fingerprint density at radius 2 is 2.00 bits per heavy atom. The third-order valence-corrected chi connectivity index (χ3v) is 1.89. The van der Waals surface area contributed by atoms with E-state index < -0.39 is 0 Å². The highest BCUT2D eigenvalue weighted by Crippen LogP contribution is 1.95. The smallest absolute Gasteiger partial charge is 0.267 e. The zero-order chi connectivity index (χ0) is 11.9. The summed E-state index contributed by atoms with van der Waals surface area (Å²) in [5.74, 6) is -0.299. The molecule has 1 amide bonds. The molecule has 0 aromatic carbocycles. The lowest BCUT2D eigenvalue weighted by atomic mass is 10.3. The topological polar surface area (TPSA) is 80.1 Å². The van der Waals surface area contributed by atoms with Gasteiger partial charge in [-0.3, -0.25) is 19.7 Å². The van der Waals surface area contributed by atoms with E-state index in [1.165, 1.54) is 6.21 Å². The molecular weight excluding hydrogens is 218 g/mol. The minimum Gasteiger partial charge on any atom is -0.267 e. The molecule has 6 heteroatoms. The van der Waals surface area contributed by atoms with Gasteiger partial charge in [0.1, 0.15) is 5.69 Å². The molecule has 0 saturated carbocycles. The SMILES string of the molecule is O=C(NN=Cc1cnccn1)c1ccncc1. The molecule has 2 aromatic rings. The number of rotatable bonds is 3. The highest BCUT2D eigenvalue weighted by Gasteiger charge is 2.01. The monoisotopic (exact) mass is 227 g/mol. The molecule has 84 valence electrons. The van der Waals surface area contributed by atoms with E-state index in [9.17, 15) is 4.79 Å². The average molecular weight is 227 g/mol. The Morgan fingerprint density at radius 3 is 2.71 bits per heavy atom. The first-order valence-electron chi connectivity index (χ1n) is 4.86. The number of pyridine rings is 1. The van der Waals surface area contributed by atoms with E-state index in [1.807, 2.05) is 0 Å². The standard InChI is InChI=1S/C11H9N5O/c17-11(9-1-3-12-4-2-9)16-15-8-10-7-13-5-6-14-10/h1-8H,(H,16,17). The molecule has 0 aliphatic carbocycles. The molecule has 0 spiro atoms. The number of carbonyl (C=O) groups excluding carboxylic acids is 1. The highest BCUT2D eigenvalue weighted by molar-refractivity contribution is 5.94. The predicted molar refractivity (Wildman–Crippen MR) is 61.3 cm³/mol. The first-order chi connectivity index (χ1) is 8.36. The van der Waals surface area contributed by atoms with E-state index >= 15 is 0 Å². The Morgan fingerprint density at radius 1 is 1.18 bits per heavy atom. The second kappa shape index (κ2) is 5.45. The molecule has 0 unspecified atom stereocenters. The summed E-state index contributed by atoms with van der Waals surface area (Å²) < 4.78 is 0. The van der Waals surface area contributed by atoms with E-state index in [-0.39, 0.29) is 5.91 Å². The Bertz CT molecular complexity index is 512. The van der Waals surface area contributed by atoms with E-state index in [0.29, 0.717) is 11.3 Å². The van der Waals surface area contributed by atoms with Crippen LogP contribution in [0.1, 0.15) is 16.1 Å². The van der Waals surface area contributed by atoms with Crippen molar-refractivity contribution in [1.82, 2.24) is 20.4 Å². The van der Waals surface area contributed by atoms with E-state index in [2.05, 4.69) is 25.5 Å². The van der Waals surface area contributed by atoms with Crippen LogP contribution >= 0.6 is 0 Å². The zero-order valence-electron chi connectivity index (χ0n) is 8.82. The van der Waals surface area contributed by atoms with Gasteiger partial charge in [-0.2, -0.15) is 5.10 Å². The van der Waals surface area contributed by atoms with Gasteiger partial charge in [0.2, 0.25) is 0 Å². The van der Waals surface area contributed by atoms with Crippen LogP contribution in [0.25, 0.3) is 0 Å². The quantitative estimate of drug-likeness (QED) is 0.616. The number of aromatic nitrogens is 3. The average Bonchev–Trinajstić information content (AvgIpc) is 2.41. The van der Waals surface area contributed by atoms with Gasteiger partial charge in [0.25, 0.3) is 5.91 Å². The molecule has 0 radical (unpaired) electrons. The Balaban J connectivity index is 1.95. The molecule has 17 heavy (non-hydrogen) atoms. The summed E-state index contributed by atoms with van der Waals surface area (Å²) in [4.78, 5) is 23.2. The van der Waals surface area contributed by atoms with Crippen molar-refractivity contribution in [3.63, 3.8) is 0 Å². The van der Waals surface area contributed by atoms with E-state index in [4.69, 9.17) is 0 Å². The van der Waals surface area contributed by atoms with Crippen LogP contribution in [-0.4, -0.2) is 27.1 Å². The Labute approximate surface area is 97.5 Å². The highest BCUT2D eigenvalue weighted by atomic mass is 16.2. The number of hydrogen-bond donors (Lipinski definition) is 1. The molecule has 2 rings (SSSR count). The summed E-state index contributed by atoms with van der Waals surface area (Å²) in [6, 6.07) is 3.21. The maximum absolute atomic E-state index is 11.5. The van der Waals surface area contributed by atoms with Gasteiger partial charge in [0.05, 0.1) is 12.4 Å². The molecule has 0 atom stereocenters. The third kappa shape index (κ3) is 3.16. The fourth-order valence-corrected chi connectivity index (χ4v) is 1.10. The fraction of sp³-hybridized carbons (Fsp3) is 0. The summed E-state index contributed by atoms with van der Waals surface area (Å²) >= 11 is 0. The number of nitrogens with zero attached hydrogens (tertiary/aromatic N) is 4. The van der Waals surface area contributed by atoms with Crippen LogP contribution in [0.3, 0.4) is 0 Å². The summed E-state index contributed by atoms with van der Waals surface area (Å²) in [6.07, 6.45) is 9.16. The number of hydrogen-bond acceptors (Lipinski definition) is 5. The van der Waals surface area contributed by atoms with E-state index in [0.717, 1.165) is 0 Å². The van der Waals surface area contributed by atoms with Gasteiger partial charge < -0.3 is 0 Å². The van der Waals surface area contributed by atoms with Crippen molar-refractivity contribution in [2.24, 2.45) is 5.10 Å². The largest absolute Gasteiger partial charge is 0.271 e. The Kier molecular flexibility index (Phi) is 3.49. The lowest BCUT2D eigenvalue weighted by Crippen LogP contribution is -2.17. The summed E-state index contributed by atoms with van der Waals surface area (Å²) in [5, 5.41) is 3.77. The predicted octanol–water partition coefficient (Wildman–Crippen LogP) is 0.635. The summed E-state index contributed by atoms with van der Waals surface area (Å²) in [6.45, 7) is 0. The van der Waals surface area contributed by atoms with Crippen LogP contribution < -0.4 is 5.43 Å². The van der Waals surface area contributed by atoms with Crippen molar-refractivity contribution in [3.8, 4) is 0 Å². The van der Waals surface area contributed by atoms with Gasteiger partial charge in [-0.05, 0) is 12.1 Å². The van der Waals surface area contributed by atoms with Gasteiger partial charge in [-0.25, -0.2) is 5.43 Å². The first kappa shape index (κ1) is 10.9. The lowest BCUT2D eigenvalue weighted by Gasteiger charge is -1.97. The third-order valence-electron chi connectivity index (χ3n) is 1.89. The molecule has 6 nitrogen and oxygen atoms in total. The molecule has 0 bridgehead atoms. The van der Waals surface area contributed by atoms with Gasteiger partial charge in [0, 0.05) is 30.4 Å². The minimum atomic E-state index is -0.299. The van der Waals surface area contributed by atoms with Crippen LogP contribution in [0.15, 0.2) is 48.2 Å². The van der Waals surface area contributed by atoms with Crippen molar-refractivity contribution in [2.45, 2.75) is 0 Å². The number of amides is 1. The van der Waals surface area contributed by atoms with Crippen LogP contribution in [0.4, 0.5) is 0 Å². The van der Waals surface area contributed by atoms with Gasteiger partial charge in [-0.1, -0.05) is 0 Å². The van der Waals surface area contributed by atoms with Crippen LogP contribution in [0.5, 0.6) is 0 Å². The van der Waals surface area contributed by atoms with E-state index in [1.54, 1.807) is 43.1 Å². The van der Waals surface area contributed by atoms with Crippen molar-refractivity contribution in [1.29, 1.82) is 0 Å². The van der Waals surface area contributed by atoms with Crippen LogP contribution in [0.2, 0.25) is 0 Å². The molecule has 1 N–H and O–H groups in total. The molecule has 2 aromatic heterocycles. The minimum absolute atomic E-state index is 0.299. The number of hydrazone groups is 1. The van der Waals surface area contributed by atoms with Gasteiger partial charge in [0.15, 0.2) is 0 Å². The molecule has 2 heterocycles. The van der Waals surface area contributed by atoms with Gasteiger partial charge >= 0.3 is 0 Å². The first-order valence-corrected chi connectivity index (χ1v) is 4.86. The van der Waals surface area contributed by atoms with Crippen LogP contribution in [0, 0.1) is 0 Å². The second-order valence-corrected chi connectivity index (χ2v) is 3.07. The van der Waals surface area contributed by atoms with Crippen molar-refractivity contribution < 1.29 is 4.79 Å². The zero-order valence-corrected chi connectivity index (χ0v) is 8.82. The molecule has 0 aliphatic heterocycles. The maximum Gasteiger partial charge on any atom is 0.271 e. The number of nitrogens with one attached hydrogen (secondary N) is 1.